The van der Waals surface area contributed by atoms with Crippen molar-refractivity contribution in [2.45, 2.75) is 33.6 Å². The van der Waals surface area contributed by atoms with E-state index in [1.165, 1.54) is 0 Å². The number of rotatable bonds is 7. The Morgan fingerprint density at radius 2 is 1.68 bits per heavy atom. The first-order valence-electron chi connectivity index (χ1n) is 9.69. The van der Waals surface area contributed by atoms with Crippen LogP contribution in [-0.4, -0.2) is 26.5 Å². The van der Waals surface area contributed by atoms with Crippen LogP contribution in [0.15, 0.2) is 42.5 Å². The summed E-state index contributed by atoms with van der Waals surface area (Å²) in [5.74, 6) is -1.44. The quantitative estimate of drug-likeness (QED) is 0.438. The van der Waals surface area contributed by atoms with E-state index in [4.69, 9.17) is 10.8 Å². The third kappa shape index (κ3) is 4.32. The molecule has 0 aliphatic carbocycles. The molecule has 3 N–H and O–H groups in total. The van der Waals surface area contributed by atoms with Gasteiger partial charge in [-0.25, -0.2) is 0 Å². The van der Waals surface area contributed by atoms with Gasteiger partial charge >= 0.3 is 5.97 Å². The minimum atomic E-state index is -0.905. The molecule has 0 aliphatic heterocycles. The molecule has 1 aromatic heterocycles. The van der Waals surface area contributed by atoms with E-state index >= 15 is 0 Å². The summed E-state index contributed by atoms with van der Waals surface area (Å²) in [7, 11) is 0. The largest absolute Gasteiger partial charge is 0.481 e. The van der Waals surface area contributed by atoms with Crippen LogP contribution in [0.25, 0.3) is 16.9 Å². The van der Waals surface area contributed by atoms with Gasteiger partial charge in [0, 0.05) is 28.1 Å². The van der Waals surface area contributed by atoms with Gasteiger partial charge in [0.1, 0.15) is 0 Å². The van der Waals surface area contributed by atoms with Gasteiger partial charge in [-0.1, -0.05) is 0 Å². The van der Waals surface area contributed by atoms with Crippen molar-refractivity contribution in [2.75, 3.05) is 0 Å². The molecule has 0 saturated heterocycles. The molecule has 0 radical (unpaired) electrons. The number of carboxylic acid groups (broad SMARTS) is 1. The topological polar surface area (TPSA) is 128 Å². The average molecular weight is 421 g/mol. The predicted octanol–water partition coefficient (Wildman–Crippen LogP) is 4.09. The van der Waals surface area contributed by atoms with E-state index in [-0.39, 0.29) is 12.1 Å². The highest BCUT2D eigenvalue weighted by molar-refractivity contribution is 5.93. The maximum Gasteiger partial charge on any atom is 0.303 e. The molecule has 8 nitrogen and oxygen atoms in total. The molecule has 0 saturated carbocycles. The van der Waals surface area contributed by atoms with Crippen molar-refractivity contribution in [2.24, 2.45) is 5.73 Å². The maximum absolute atomic E-state index is 11.5. The highest BCUT2D eigenvalue weighted by Crippen LogP contribution is 2.34. The van der Waals surface area contributed by atoms with Gasteiger partial charge in [0.15, 0.2) is 0 Å². The number of nitrogens with zero attached hydrogens (tertiary/aromatic N) is 2. The minimum absolute atomic E-state index is 0.0415. The van der Waals surface area contributed by atoms with Crippen LogP contribution in [0, 0.1) is 30.9 Å². The van der Waals surface area contributed by atoms with Crippen molar-refractivity contribution in [3.05, 3.63) is 80.5 Å². The number of nitro groups is 1. The molecular formula is C23H23N3O5. The van der Waals surface area contributed by atoms with Crippen molar-refractivity contribution in [1.82, 2.24) is 4.57 Å². The second kappa shape index (κ2) is 8.43. The van der Waals surface area contributed by atoms with Crippen molar-refractivity contribution in [3.63, 3.8) is 0 Å². The third-order valence-corrected chi connectivity index (χ3v) is 5.25. The van der Waals surface area contributed by atoms with Gasteiger partial charge in [0.2, 0.25) is 5.91 Å². The first-order valence-corrected chi connectivity index (χ1v) is 9.69. The Balaban J connectivity index is 2.23. The summed E-state index contributed by atoms with van der Waals surface area (Å²) in [6.45, 7) is 5.24. The first-order chi connectivity index (χ1) is 14.6. The zero-order valence-electron chi connectivity index (χ0n) is 17.5. The lowest BCUT2D eigenvalue weighted by Crippen LogP contribution is -2.12. The Hall–Kier alpha value is -3.94. The second-order valence-electron chi connectivity index (χ2n) is 7.52. The normalized spacial score (nSPS) is 10.8. The number of hydrogen-bond donors (Lipinski definition) is 2. The zero-order valence-corrected chi connectivity index (χ0v) is 17.5. The number of nitrogens with two attached hydrogens (primary N) is 1. The van der Waals surface area contributed by atoms with Gasteiger partial charge in [-0.3, -0.25) is 19.7 Å². The van der Waals surface area contributed by atoms with Crippen LogP contribution in [0.3, 0.4) is 0 Å². The summed E-state index contributed by atoms with van der Waals surface area (Å²) in [4.78, 5) is 33.7. The fourth-order valence-electron chi connectivity index (χ4n) is 3.87. The van der Waals surface area contributed by atoms with Crippen LogP contribution in [0.4, 0.5) is 5.69 Å². The molecule has 3 aromatic rings. The van der Waals surface area contributed by atoms with Crippen LogP contribution in [-0.2, 0) is 11.2 Å². The van der Waals surface area contributed by atoms with E-state index in [0.29, 0.717) is 23.1 Å². The molecule has 2 aromatic carbocycles. The molecule has 0 fully saturated rings. The van der Waals surface area contributed by atoms with Crippen molar-refractivity contribution in [1.29, 1.82) is 0 Å². The lowest BCUT2D eigenvalue weighted by Gasteiger charge is -2.17. The summed E-state index contributed by atoms with van der Waals surface area (Å²) in [5, 5.41) is 20.5. The van der Waals surface area contributed by atoms with E-state index < -0.39 is 16.8 Å². The number of hydrogen-bond acceptors (Lipinski definition) is 4. The van der Waals surface area contributed by atoms with Gasteiger partial charge in [0.25, 0.3) is 5.69 Å². The maximum atomic E-state index is 11.5. The summed E-state index contributed by atoms with van der Waals surface area (Å²) in [5.41, 5.74) is 10.8. The van der Waals surface area contributed by atoms with E-state index in [1.54, 1.807) is 44.2 Å². The Kier molecular flexibility index (Phi) is 5.92. The Bertz CT molecular complexity index is 1190. The lowest BCUT2D eigenvalue weighted by atomic mass is 10.0. The first kappa shape index (κ1) is 21.8. The number of carbonyl (C=O) groups is 2. The number of primary amides is 1. The van der Waals surface area contributed by atoms with Gasteiger partial charge in [-0.05, 0) is 80.8 Å². The van der Waals surface area contributed by atoms with E-state index in [2.05, 4.69) is 0 Å². The lowest BCUT2D eigenvalue weighted by molar-refractivity contribution is -0.386. The van der Waals surface area contributed by atoms with E-state index in [1.807, 2.05) is 23.6 Å². The number of carboxylic acids is 1. The number of amides is 1. The van der Waals surface area contributed by atoms with Crippen LogP contribution in [0.2, 0.25) is 0 Å². The molecule has 0 bridgehead atoms. The van der Waals surface area contributed by atoms with Gasteiger partial charge < -0.3 is 15.4 Å². The molecule has 0 unspecified atom stereocenters. The Labute approximate surface area is 179 Å². The molecule has 160 valence electrons. The SMILES string of the molecule is Cc1cc(C(N)=O)ccc1-n1c(CCC(=O)O)ccc1-c1cc(C)c([N+](=O)[O-])c(C)c1. The monoisotopic (exact) mass is 421 g/mol. The third-order valence-electron chi connectivity index (χ3n) is 5.25. The fourth-order valence-corrected chi connectivity index (χ4v) is 3.87. The van der Waals surface area contributed by atoms with Gasteiger partial charge in [-0.2, -0.15) is 0 Å². The Morgan fingerprint density at radius 3 is 2.19 bits per heavy atom. The summed E-state index contributed by atoms with van der Waals surface area (Å²) in [6, 6.07) is 12.3. The number of nitro benzene ring substituents is 1. The van der Waals surface area contributed by atoms with Crippen molar-refractivity contribution >= 4 is 17.6 Å². The number of carbonyl (C=O) groups excluding carboxylic acids is 1. The molecule has 0 aliphatic rings. The number of aromatic nitrogens is 1. The smallest absolute Gasteiger partial charge is 0.303 e. The summed E-state index contributed by atoms with van der Waals surface area (Å²) >= 11 is 0. The fraction of sp³-hybridized carbons (Fsp3) is 0.217. The molecule has 3 rings (SSSR count). The number of aryl methyl sites for hydroxylation is 4. The molecule has 1 amide bonds. The van der Waals surface area contributed by atoms with E-state index in [9.17, 15) is 19.7 Å². The minimum Gasteiger partial charge on any atom is -0.481 e. The molecule has 8 heteroatoms. The highest BCUT2D eigenvalue weighted by Gasteiger charge is 2.20. The number of benzene rings is 2. The van der Waals surface area contributed by atoms with Crippen LogP contribution in [0.1, 0.15) is 39.2 Å². The summed E-state index contributed by atoms with van der Waals surface area (Å²) < 4.78 is 1.93. The van der Waals surface area contributed by atoms with Crippen LogP contribution < -0.4 is 5.73 Å². The zero-order chi connectivity index (χ0) is 22.9. The number of aliphatic carboxylic acids is 1. The average Bonchev–Trinajstić information content (AvgIpc) is 3.08. The van der Waals surface area contributed by atoms with Crippen molar-refractivity contribution in [3.8, 4) is 16.9 Å². The highest BCUT2D eigenvalue weighted by atomic mass is 16.6. The second-order valence-corrected chi connectivity index (χ2v) is 7.52. The van der Waals surface area contributed by atoms with Gasteiger partial charge in [0.05, 0.1) is 17.0 Å². The van der Waals surface area contributed by atoms with Crippen LogP contribution in [0.5, 0.6) is 0 Å². The van der Waals surface area contributed by atoms with E-state index in [0.717, 1.165) is 28.2 Å². The molecule has 0 spiro atoms. The van der Waals surface area contributed by atoms with Crippen molar-refractivity contribution < 1.29 is 19.6 Å². The van der Waals surface area contributed by atoms with Gasteiger partial charge in [-0.15, -0.1) is 0 Å². The molecular weight excluding hydrogens is 398 g/mol. The Morgan fingerprint density at radius 1 is 1.03 bits per heavy atom. The predicted molar refractivity (Wildman–Crippen MR) is 117 cm³/mol. The summed E-state index contributed by atoms with van der Waals surface area (Å²) in [6.07, 6.45) is 0.261. The van der Waals surface area contributed by atoms with Crippen LogP contribution >= 0.6 is 0 Å². The molecule has 31 heavy (non-hydrogen) atoms. The standard InChI is InChI=1S/C23H23N3O5/c1-13-10-16(23(24)29)4-7-19(13)25-18(6-9-21(27)28)5-8-20(25)17-11-14(2)22(26(30)31)15(3)12-17/h4-5,7-8,10-12H,6,9H2,1-3H3,(H2,24,29)(H,27,28). The molecule has 0 atom stereocenters. The molecule has 1 heterocycles.